The number of carbonyl (C=O) groups excluding carboxylic acids is 2. The molecule has 3 rings (SSSR count). The first-order valence-electron chi connectivity index (χ1n) is 12.3. The largest absolute Gasteiger partial charge is 0.544 e. The number of amides is 1. The van der Waals surface area contributed by atoms with Crippen molar-refractivity contribution in [1.29, 1.82) is 0 Å². The SMILES string of the molecule is COc1cc2c(c(OC)c1OC)-c1ccc(NCCCC[C@H]([NH3+])C(=O)[O-])c(=O)cc1[C@@H](NC(C)=O)CC2. The van der Waals surface area contributed by atoms with Crippen molar-refractivity contribution >= 4 is 17.6 Å². The minimum absolute atomic E-state index is 0.193. The van der Waals surface area contributed by atoms with Crippen LogP contribution < -0.4 is 41.1 Å². The Hall–Kier alpha value is -3.79. The number of carboxylic acid groups (broad SMARTS) is 1. The average Bonchev–Trinajstić information content (AvgIpc) is 3.11. The van der Waals surface area contributed by atoms with E-state index in [1.165, 1.54) is 14.0 Å². The van der Waals surface area contributed by atoms with Gasteiger partial charge in [0, 0.05) is 25.5 Å². The molecule has 1 amide bonds. The topological polar surface area (TPSA) is 154 Å². The molecule has 0 spiro atoms. The molecule has 37 heavy (non-hydrogen) atoms. The molecule has 0 radical (unpaired) electrons. The van der Waals surface area contributed by atoms with Gasteiger partial charge in [-0.3, -0.25) is 9.59 Å². The molecular weight excluding hydrogens is 478 g/mol. The molecule has 1 aliphatic rings. The third kappa shape index (κ3) is 6.32. The second-order valence-electron chi connectivity index (χ2n) is 9.03. The number of benzene rings is 1. The molecule has 0 saturated carbocycles. The summed E-state index contributed by atoms with van der Waals surface area (Å²) in [7, 11) is 4.65. The van der Waals surface area contributed by atoms with Crippen LogP contribution in [-0.2, 0) is 16.0 Å². The number of carbonyl (C=O) groups is 2. The third-order valence-electron chi connectivity index (χ3n) is 6.54. The van der Waals surface area contributed by atoms with Crippen molar-refractivity contribution in [3.05, 3.63) is 45.6 Å². The van der Waals surface area contributed by atoms with Crippen molar-refractivity contribution in [1.82, 2.24) is 5.32 Å². The number of rotatable bonds is 11. The highest BCUT2D eigenvalue weighted by Gasteiger charge is 2.29. The Bertz CT molecular complexity index is 1220. The lowest BCUT2D eigenvalue weighted by Crippen LogP contribution is -2.68. The first kappa shape index (κ1) is 27.8. The summed E-state index contributed by atoms with van der Waals surface area (Å²) in [6.45, 7) is 1.94. The number of aryl methyl sites for hydroxylation is 1. The van der Waals surface area contributed by atoms with Crippen LogP contribution in [-0.4, -0.2) is 45.8 Å². The molecule has 0 bridgehead atoms. The van der Waals surface area contributed by atoms with Crippen molar-refractivity contribution < 1.29 is 34.6 Å². The summed E-state index contributed by atoms with van der Waals surface area (Å²) in [5.41, 5.74) is 6.92. The van der Waals surface area contributed by atoms with Gasteiger partial charge in [-0.15, -0.1) is 0 Å². The monoisotopic (exact) mass is 513 g/mol. The zero-order valence-electron chi connectivity index (χ0n) is 21.8. The highest BCUT2D eigenvalue weighted by atomic mass is 16.5. The molecule has 1 aliphatic carbocycles. The normalized spacial score (nSPS) is 14.9. The number of unbranched alkanes of at least 4 members (excludes halogenated alkanes) is 1. The second-order valence-corrected chi connectivity index (χ2v) is 9.03. The van der Waals surface area contributed by atoms with Crippen LogP contribution in [0.15, 0.2) is 29.1 Å². The van der Waals surface area contributed by atoms with Crippen LogP contribution in [0.1, 0.15) is 49.8 Å². The maximum absolute atomic E-state index is 13.2. The van der Waals surface area contributed by atoms with Gasteiger partial charge in [0.1, 0.15) is 6.04 Å². The van der Waals surface area contributed by atoms with Crippen molar-refractivity contribution in [2.45, 2.75) is 51.1 Å². The van der Waals surface area contributed by atoms with Crippen molar-refractivity contribution in [2.75, 3.05) is 33.2 Å². The summed E-state index contributed by atoms with van der Waals surface area (Å²) in [5.74, 6) is 0.116. The first-order valence-corrected chi connectivity index (χ1v) is 12.3. The first-order chi connectivity index (χ1) is 17.7. The number of hydrogen-bond acceptors (Lipinski definition) is 8. The van der Waals surface area contributed by atoms with Crippen molar-refractivity contribution in [3.63, 3.8) is 0 Å². The highest BCUT2D eigenvalue weighted by Crippen LogP contribution is 2.50. The van der Waals surface area contributed by atoms with Crippen molar-refractivity contribution in [3.8, 4) is 28.4 Å². The van der Waals surface area contributed by atoms with E-state index in [-0.39, 0.29) is 17.4 Å². The quantitative estimate of drug-likeness (QED) is 0.373. The van der Waals surface area contributed by atoms with E-state index in [1.807, 2.05) is 12.1 Å². The molecule has 2 aromatic carbocycles. The molecule has 0 heterocycles. The number of aliphatic carboxylic acids is 1. The van der Waals surface area contributed by atoms with Gasteiger partial charge in [-0.1, -0.05) is 6.07 Å². The van der Waals surface area contributed by atoms with Gasteiger partial charge >= 0.3 is 0 Å². The third-order valence-corrected chi connectivity index (χ3v) is 6.54. The van der Waals surface area contributed by atoms with Gasteiger partial charge in [0.2, 0.25) is 17.1 Å². The zero-order chi connectivity index (χ0) is 27.1. The summed E-state index contributed by atoms with van der Waals surface area (Å²) in [6.07, 6.45) is 2.91. The van der Waals surface area contributed by atoms with E-state index in [4.69, 9.17) is 14.2 Å². The number of nitrogens with one attached hydrogen (secondary N) is 2. The van der Waals surface area contributed by atoms with Gasteiger partial charge in [0.15, 0.2) is 11.5 Å². The van der Waals surface area contributed by atoms with E-state index in [1.54, 1.807) is 26.4 Å². The van der Waals surface area contributed by atoms with E-state index in [0.29, 0.717) is 67.1 Å². The summed E-state index contributed by atoms with van der Waals surface area (Å²) < 4.78 is 16.9. The fourth-order valence-corrected chi connectivity index (χ4v) is 4.71. The standard InChI is InChI=1S/C27H35N3O7/c1-15(31)30-20-10-8-16-13-23(35-2)25(36-3)26(37-4)24(16)17-9-11-21(22(32)14-18(17)20)29-12-6-5-7-19(28)27(33)34/h9,11,13-14,19-20H,5-8,10,12,28H2,1-4H3,(H,29,32)(H,30,31)(H,33,34)/t19-,20-/m0/s1. The molecule has 0 aliphatic heterocycles. The lowest BCUT2D eigenvalue weighted by molar-refractivity contribution is -0.438. The lowest BCUT2D eigenvalue weighted by atomic mass is 9.95. The van der Waals surface area contributed by atoms with Gasteiger partial charge in [0.25, 0.3) is 0 Å². The number of fused-ring (bicyclic) bond motifs is 3. The van der Waals surface area contributed by atoms with Gasteiger partial charge < -0.3 is 40.5 Å². The minimum atomic E-state index is -1.16. The molecule has 0 unspecified atom stereocenters. The number of methoxy groups -OCH3 is 3. The van der Waals surface area contributed by atoms with E-state index in [9.17, 15) is 19.5 Å². The van der Waals surface area contributed by atoms with E-state index >= 15 is 0 Å². The molecule has 0 saturated heterocycles. The van der Waals surface area contributed by atoms with Gasteiger partial charge in [-0.25, -0.2) is 0 Å². The van der Waals surface area contributed by atoms with E-state index < -0.39 is 12.0 Å². The number of hydrogen-bond donors (Lipinski definition) is 3. The minimum Gasteiger partial charge on any atom is -0.544 e. The van der Waals surface area contributed by atoms with E-state index in [2.05, 4.69) is 16.4 Å². The Balaban J connectivity index is 2.06. The van der Waals surface area contributed by atoms with Crippen LogP contribution in [0.2, 0.25) is 0 Å². The number of anilines is 1. The summed E-state index contributed by atoms with van der Waals surface area (Å²) in [5, 5.41) is 17.0. The molecule has 5 N–H and O–H groups in total. The van der Waals surface area contributed by atoms with Crippen LogP contribution in [0.3, 0.4) is 0 Å². The van der Waals surface area contributed by atoms with Crippen LogP contribution in [0.4, 0.5) is 5.69 Å². The van der Waals surface area contributed by atoms with Gasteiger partial charge in [0.05, 0.1) is 39.0 Å². The Morgan fingerprint density at radius 1 is 1.11 bits per heavy atom. The summed E-state index contributed by atoms with van der Waals surface area (Å²) in [6, 6.07) is 5.91. The van der Waals surface area contributed by atoms with Gasteiger partial charge in [-0.05, 0) is 60.6 Å². The van der Waals surface area contributed by atoms with E-state index in [0.717, 1.165) is 16.7 Å². The average molecular weight is 514 g/mol. The molecule has 10 nitrogen and oxygen atoms in total. The van der Waals surface area contributed by atoms with Crippen LogP contribution >= 0.6 is 0 Å². The highest BCUT2D eigenvalue weighted by molar-refractivity contribution is 5.83. The molecule has 10 heteroatoms. The molecular formula is C27H35N3O7. The number of ether oxygens (including phenoxy) is 3. The number of carboxylic acids is 1. The summed E-state index contributed by atoms with van der Waals surface area (Å²) >= 11 is 0. The maximum atomic E-state index is 13.2. The zero-order valence-corrected chi connectivity index (χ0v) is 21.8. The van der Waals surface area contributed by atoms with Crippen LogP contribution in [0.25, 0.3) is 11.1 Å². The molecule has 0 fully saturated rings. The van der Waals surface area contributed by atoms with Gasteiger partial charge in [-0.2, -0.15) is 0 Å². The van der Waals surface area contributed by atoms with Crippen LogP contribution in [0, 0.1) is 0 Å². The summed E-state index contributed by atoms with van der Waals surface area (Å²) in [4.78, 5) is 36.1. The second kappa shape index (κ2) is 12.4. The maximum Gasteiger partial charge on any atom is 0.217 e. The Morgan fingerprint density at radius 2 is 1.84 bits per heavy atom. The molecule has 0 aromatic heterocycles. The molecule has 2 atom stereocenters. The number of quaternary nitrogens is 1. The predicted octanol–water partition coefficient (Wildman–Crippen LogP) is 0.806. The van der Waals surface area contributed by atoms with Crippen LogP contribution in [0.5, 0.6) is 17.2 Å². The molecule has 2 aromatic rings. The van der Waals surface area contributed by atoms with Crippen molar-refractivity contribution in [2.24, 2.45) is 0 Å². The molecule has 200 valence electrons. The Labute approximate surface area is 216 Å². The fraction of sp³-hybridized carbons (Fsp3) is 0.444. The predicted molar refractivity (Wildman–Crippen MR) is 137 cm³/mol. The fourth-order valence-electron chi connectivity index (χ4n) is 4.71. The Morgan fingerprint density at radius 3 is 2.46 bits per heavy atom. The smallest absolute Gasteiger partial charge is 0.217 e. The lowest BCUT2D eigenvalue weighted by Gasteiger charge is -2.19. The Kier molecular flexibility index (Phi) is 9.35.